The summed E-state index contributed by atoms with van der Waals surface area (Å²) in [5.41, 5.74) is 0. The molecule has 0 spiro atoms. The van der Waals surface area contributed by atoms with E-state index in [0.717, 1.165) is 0 Å². The first-order chi connectivity index (χ1) is 1.73. The largest absolute Gasteiger partial charge is 1.00 e. The van der Waals surface area contributed by atoms with Crippen LogP contribution in [0.1, 0.15) is 2.85 Å². The van der Waals surface area contributed by atoms with Gasteiger partial charge >= 0.3 is 2.85 Å². The van der Waals surface area contributed by atoms with E-state index in [2.05, 4.69) is 0 Å². The highest BCUT2D eigenvalue weighted by atomic mass is 31.2. The van der Waals surface area contributed by atoms with Gasteiger partial charge in [-0.05, 0) is 0 Å². The van der Waals surface area contributed by atoms with Crippen LogP contribution >= 0.6 is 8.60 Å². The van der Waals surface area contributed by atoms with Gasteiger partial charge in [0.1, 0.15) is 0 Å². The van der Waals surface area contributed by atoms with Gasteiger partial charge in [-0.15, -0.1) is 0 Å². The highest BCUT2D eigenvalue weighted by Gasteiger charge is 1.10. The maximum Gasteiger partial charge on any atom is 1.00 e. The van der Waals surface area contributed by atoms with Gasteiger partial charge in [0.05, 0.1) is 0 Å². The van der Waals surface area contributed by atoms with Crippen LogP contribution < -0.4 is 14.7 Å². The van der Waals surface area contributed by atoms with E-state index in [1.807, 2.05) is 0 Å². The lowest BCUT2D eigenvalue weighted by Gasteiger charge is -2.39. The predicted octanol–water partition coefficient (Wildman–Crippen LogP) is -2.48. The Morgan fingerprint density at radius 3 is 1.25 bits per heavy atom. The SMILES string of the molecule is [H+].[H+].[O-]P([O-])[O-]. The standard InChI is InChI=1S/O3P/c1-4(2)3/q-3/p+2. The van der Waals surface area contributed by atoms with E-state index in [9.17, 15) is 0 Å². The molecule has 0 aromatic carbocycles. The molecule has 0 aromatic rings. The van der Waals surface area contributed by atoms with Gasteiger partial charge in [0.15, 0.2) is 0 Å². The maximum absolute atomic E-state index is 8.48. The fourth-order valence-electron chi connectivity index (χ4n) is 0. The van der Waals surface area contributed by atoms with Gasteiger partial charge in [-0.25, -0.2) is 0 Å². The first-order valence-electron chi connectivity index (χ1n) is 0.548. The van der Waals surface area contributed by atoms with Crippen LogP contribution in [-0.4, -0.2) is 0 Å². The lowest BCUT2D eigenvalue weighted by Crippen LogP contribution is -2.18. The molecule has 0 saturated carbocycles. The second-order valence-electron chi connectivity index (χ2n) is 0.224. The van der Waals surface area contributed by atoms with Crippen molar-refractivity contribution in [1.29, 1.82) is 0 Å². The maximum atomic E-state index is 8.48. The van der Waals surface area contributed by atoms with E-state index in [4.69, 9.17) is 14.7 Å². The van der Waals surface area contributed by atoms with Gasteiger partial charge in [0.25, 0.3) is 0 Å². The molecular formula is H2O3P-. The summed E-state index contributed by atoms with van der Waals surface area (Å²) >= 11 is 0. The average Bonchev–Trinajstić information content (AvgIpc) is 0.811. The summed E-state index contributed by atoms with van der Waals surface area (Å²) in [4.78, 5) is 25.4. The van der Waals surface area contributed by atoms with Crippen molar-refractivity contribution in [2.24, 2.45) is 0 Å². The third-order valence-corrected chi connectivity index (χ3v) is 0. The Bertz CT molecular complexity index is 13.5. The smallest absolute Gasteiger partial charge is 0.854 e. The van der Waals surface area contributed by atoms with E-state index < -0.39 is 8.60 Å². The van der Waals surface area contributed by atoms with Crippen LogP contribution in [0.4, 0.5) is 0 Å². The van der Waals surface area contributed by atoms with E-state index in [0.29, 0.717) is 0 Å². The topological polar surface area (TPSA) is 69.2 Å². The number of hydrogen-bond donors (Lipinski definition) is 0. The van der Waals surface area contributed by atoms with Crippen molar-refractivity contribution in [2.45, 2.75) is 0 Å². The minimum absolute atomic E-state index is 0. The third kappa shape index (κ3) is 41.3. The van der Waals surface area contributed by atoms with E-state index in [-0.39, 0.29) is 2.85 Å². The molecule has 0 aliphatic heterocycles. The van der Waals surface area contributed by atoms with Crippen LogP contribution in [0.3, 0.4) is 0 Å². The van der Waals surface area contributed by atoms with Gasteiger partial charge in [-0.3, -0.25) is 0 Å². The van der Waals surface area contributed by atoms with Crippen molar-refractivity contribution in [3.63, 3.8) is 0 Å². The van der Waals surface area contributed by atoms with E-state index in [1.165, 1.54) is 0 Å². The average molecular weight is 81.0 g/mol. The molecule has 0 fully saturated rings. The zero-order chi connectivity index (χ0) is 3.58. The van der Waals surface area contributed by atoms with Crippen molar-refractivity contribution in [3.05, 3.63) is 0 Å². The Morgan fingerprint density at radius 1 is 1.25 bits per heavy atom. The fourth-order valence-corrected chi connectivity index (χ4v) is 0. The van der Waals surface area contributed by atoms with Gasteiger partial charge in [0, 0.05) is 0 Å². The highest BCUT2D eigenvalue weighted by molar-refractivity contribution is 7.33. The molecule has 26 valence electrons. The second-order valence-corrected chi connectivity index (χ2v) is 0.671. The molecule has 0 amide bonds. The zero-order valence-electron chi connectivity index (χ0n) is 3.67. The van der Waals surface area contributed by atoms with Crippen molar-refractivity contribution in [1.82, 2.24) is 0 Å². The number of rotatable bonds is 0. The Balaban J connectivity index is -0.0000000450. The minimum Gasteiger partial charge on any atom is -0.854 e. The summed E-state index contributed by atoms with van der Waals surface area (Å²) in [6.45, 7) is 0. The summed E-state index contributed by atoms with van der Waals surface area (Å²) in [5.74, 6) is 0. The van der Waals surface area contributed by atoms with Crippen molar-refractivity contribution >= 4 is 8.60 Å². The quantitative estimate of drug-likeness (QED) is 0.303. The Labute approximate surface area is 27.5 Å². The summed E-state index contributed by atoms with van der Waals surface area (Å²) in [6, 6.07) is 0. The molecule has 4 heteroatoms. The monoisotopic (exact) mass is 81.0 g/mol. The van der Waals surface area contributed by atoms with Crippen LogP contribution in [0.25, 0.3) is 0 Å². The first kappa shape index (κ1) is 4.31. The van der Waals surface area contributed by atoms with Crippen molar-refractivity contribution < 1.29 is 17.5 Å². The Hall–Kier alpha value is 0.310. The molecule has 0 saturated heterocycles. The van der Waals surface area contributed by atoms with Crippen molar-refractivity contribution in [2.75, 3.05) is 0 Å². The van der Waals surface area contributed by atoms with E-state index >= 15 is 0 Å². The predicted molar refractivity (Wildman–Crippen MR) is 9.14 cm³/mol. The fraction of sp³-hybridized carbons (Fsp3) is 0. The van der Waals surface area contributed by atoms with Gasteiger partial charge in [0.2, 0.25) is 0 Å². The lowest BCUT2D eigenvalue weighted by atomic mass is 15.8. The summed E-state index contributed by atoms with van der Waals surface area (Å²) in [6.07, 6.45) is 0. The molecule has 0 unspecified atom stereocenters. The van der Waals surface area contributed by atoms with Crippen LogP contribution in [0.2, 0.25) is 0 Å². The van der Waals surface area contributed by atoms with Crippen molar-refractivity contribution in [3.8, 4) is 0 Å². The summed E-state index contributed by atoms with van der Waals surface area (Å²) in [7, 11) is -3.37. The molecule has 0 heterocycles. The number of hydrogen-bond acceptors (Lipinski definition) is 3. The molecule has 0 atom stereocenters. The molecule has 0 rings (SSSR count). The van der Waals surface area contributed by atoms with Crippen LogP contribution in [-0.2, 0) is 0 Å². The highest BCUT2D eigenvalue weighted by Crippen LogP contribution is 1.85. The molecule has 4 heavy (non-hydrogen) atoms. The van der Waals surface area contributed by atoms with Gasteiger partial charge < -0.3 is 23.3 Å². The molecule has 0 bridgehead atoms. The third-order valence-electron chi connectivity index (χ3n) is 0. The molecular weight excluding hydrogens is 79.0 g/mol. The lowest BCUT2D eigenvalue weighted by molar-refractivity contribution is -0.407. The molecule has 0 aromatic heterocycles. The molecule has 0 N–H and O–H groups in total. The van der Waals surface area contributed by atoms with E-state index in [1.54, 1.807) is 0 Å². The molecule has 0 aliphatic rings. The summed E-state index contributed by atoms with van der Waals surface area (Å²) in [5, 5.41) is 0. The molecule has 0 aliphatic carbocycles. The first-order valence-corrected chi connectivity index (χ1v) is 1.64. The Morgan fingerprint density at radius 2 is 1.25 bits per heavy atom. The van der Waals surface area contributed by atoms with Gasteiger partial charge in [-0.2, -0.15) is 0 Å². The Kier molecular flexibility index (Phi) is 1.74. The summed E-state index contributed by atoms with van der Waals surface area (Å²) < 4.78 is 0. The van der Waals surface area contributed by atoms with Crippen LogP contribution in [0, 0.1) is 0 Å². The minimum atomic E-state index is -3.37. The van der Waals surface area contributed by atoms with Gasteiger partial charge in [-0.1, -0.05) is 0 Å². The van der Waals surface area contributed by atoms with Crippen LogP contribution in [0.5, 0.6) is 0 Å². The molecule has 0 radical (unpaired) electrons. The zero-order valence-corrected chi connectivity index (χ0v) is 2.57. The van der Waals surface area contributed by atoms with Crippen LogP contribution in [0.15, 0.2) is 0 Å². The normalized spacial score (nSPS) is 9.00. The molecule has 3 nitrogen and oxygen atoms in total. The second kappa shape index (κ2) is 1.61.